The van der Waals surface area contributed by atoms with Gasteiger partial charge in [0.25, 0.3) is 5.91 Å². The second-order valence-corrected chi connectivity index (χ2v) is 6.45. The first-order valence-corrected chi connectivity index (χ1v) is 8.43. The number of hydrogen-bond acceptors (Lipinski definition) is 7. The smallest absolute Gasteiger partial charge is 0.254 e. The molecule has 0 radical (unpaired) electrons. The lowest BCUT2D eigenvalue weighted by Gasteiger charge is -2.32. The summed E-state index contributed by atoms with van der Waals surface area (Å²) in [5, 5.41) is 7.00. The van der Waals surface area contributed by atoms with Crippen molar-refractivity contribution < 1.29 is 4.79 Å². The van der Waals surface area contributed by atoms with Gasteiger partial charge in [-0.2, -0.15) is 5.10 Å². The lowest BCUT2D eigenvalue weighted by Crippen LogP contribution is -2.45. The highest BCUT2D eigenvalue weighted by Gasteiger charge is 2.19. The molecule has 3 heterocycles. The molecule has 1 fully saturated rings. The molecule has 1 aliphatic rings. The SMILES string of the molecule is Cc1nc(N2CCN(C)CC2)ncc1C(=O)N[C@H](C)Cn1cncn1. The molecule has 1 N–H and O–H groups in total. The van der Waals surface area contributed by atoms with Crippen LogP contribution in [0.15, 0.2) is 18.9 Å². The van der Waals surface area contributed by atoms with E-state index in [4.69, 9.17) is 0 Å². The maximum absolute atomic E-state index is 12.5. The minimum absolute atomic E-state index is 0.0779. The Labute approximate surface area is 147 Å². The van der Waals surface area contributed by atoms with Crippen LogP contribution in [0.1, 0.15) is 23.0 Å². The second-order valence-electron chi connectivity index (χ2n) is 6.45. The van der Waals surface area contributed by atoms with Crippen LogP contribution in [0.3, 0.4) is 0 Å². The molecule has 0 spiro atoms. The normalized spacial score (nSPS) is 16.7. The third-order valence-corrected chi connectivity index (χ3v) is 4.30. The van der Waals surface area contributed by atoms with Crippen LogP contribution in [0.25, 0.3) is 0 Å². The van der Waals surface area contributed by atoms with E-state index in [1.807, 2.05) is 13.8 Å². The Morgan fingerprint density at radius 1 is 1.32 bits per heavy atom. The van der Waals surface area contributed by atoms with Crippen molar-refractivity contribution >= 4 is 11.9 Å². The molecular formula is C16H24N8O. The highest BCUT2D eigenvalue weighted by molar-refractivity contribution is 5.95. The Balaban J connectivity index is 1.62. The second kappa shape index (κ2) is 7.56. The molecule has 1 aliphatic heterocycles. The molecule has 0 aromatic carbocycles. The van der Waals surface area contributed by atoms with Gasteiger partial charge in [-0.1, -0.05) is 0 Å². The number of anilines is 1. The summed E-state index contributed by atoms with van der Waals surface area (Å²) >= 11 is 0. The third kappa shape index (κ3) is 4.30. The highest BCUT2D eigenvalue weighted by Crippen LogP contribution is 2.13. The standard InChI is InChI=1S/C16H24N8O/c1-12(9-24-11-17-10-19-24)20-15(25)14-8-18-16(21-13(14)2)23-6-4-22(3)5-7-23/h8,10-12H,4-7,9H2,1-3H3,(H,20,25)/t12-/m1/s1. The van der Waals surface area contributed by atoms with Crippen molar-refractivity contribution in [1.29, 1.82) is 0 Å². The minimum atomic E-state index is -0.171. The number of carbonyl (C=O) groups excluding carboxylic acids is 1. The van der Waals surface area contributed by atoms with Gasteiger partial charge < -0.3 is 15.1 Å². The van der Waals surface area contributed by atoms with Gasteiger partial charge in [-0.15, -0.1) is 0 Å². The number of nitrogens with one attached hydrogen (secondary N) is 1. The molecule has 134 valence electrons. The fraction of sp³-hybridized carbons (Fsp3) is 0.562. The fourth-order valence-corrected chi connectivity index (χ4v) is 2.79. The van der Waals surface area contributed by atoms with E-state index < -0.39 is 0 Å². The highest BCUT2D eigenvalue weighted by atomic mass is 16.1. The van der Waals surface area contributed by atoms with Crippen LogP contribution in [-0.4, -0.2) is 74.8 Å². The van der Waals surface area contributed by atoms with Gasteiger partial charge in [0, 0.05) is 38.4 Å². The number of amides is 1. The van der Waals surface area contributed by atoms with Gasteiger partial charge in [0.05, 0.1) is 17.8 Å². The van der Waals surface area contributed by atoms with Crippen molar-refractivity contribution in [2.24, 2.45) is 0 Å². The van der Waals surface area contributed by atoms with Crippen LogP contribution in [0.2, 0.25) is 0 Å². The number of aryl methyl sites for hydroxylation is 1. The van der Waals surface area contributed by atoms with E-state index in [1.165, 1.54) is 6.33 Å². The van der Waals surface area contributed by atoms with Gasteiger partial charge in [-0.05, 0) is 20.9 Å². The molecule has 3 rings (SSSR count). The first kappa shape index (κ1) is 17.3. The minimum Gasteiger partial charge on any atom is -0.348 e. The Hall–Kier alpha value is -2.55. The average Bonchev–Trinajstić information content (AvgIpc) is 3.08. The molecule has 1 amide bonds. The van der Waals surface area contributed by atoms with Crippen LogP contribution in [0.5, 0.6) is 0 Å². The molecular weight excluding hydrogens is 320 g/mol. The molecule has 9 nitrogen and oxygen atoms in total. The van der Waals surface area contributed by atoms with Gasteiger partial charge in [0.2, 0.25) is 5.95 Å². The zero-order valence-electron chi connectivity index (χ0n) is 14.9. The lowest BCUT2D eigenvalue weighted by atomic mass is 10.2. The number of carbonyl (C=O) groups is 1. The van der Waals surface area contributed by atoms with Crippen molar-refractivity contribution in [2.75, 3.05) is 38.1 Å². The first-order chi connectivity index (χ1) is 12.0. The predicted molar refractivity (Wildman–Crippen MR) is 93.4 cm³/mol. The predicted octanol–water partition coefficient (Wildman–Crippen LogP) is -0.0532. The van der Waals surface area contributed by atoms with E-state index in [0.717, 1.165) is 26.2 Å². The van der Waals surface area contributed by atoms with E-state index in [9.17, 15) is 4.79 Å². The summed E-state index contributed by atoms with van der Waals surface area (Å²) in [4.78, 5) is 29.7. The molecule has 1 saturated heterocycles. The molecule has 0 unspecified atom stereocenters. The van der Waals surface area contributed by atoms with Crippen molar-refractivity contribution in [3.8, 4) is 0 Å². The van der Waals surface area contributed by atoms with E-state index in [-0.39, 0.29) is 11.9 Å². The van der Waals surface area contributed by atoms with Crippen molar-refractivity contribution in [3.63, 3.8) is 0 Å². The number of hydrogen-bond donors (Lipinski definition) is 1. The summed E-state index contributed by atoms with van der Waals surface area (Å²) in [5.74, 6) is 0.521. The zero-order valence-corrected chi connectivity index (χ0v) is 14.9. The van der Waals surface area contributed by atoms with Gasteiger partial charge in [-0.3, -0.25) is 9.48 Å². The van der Waals surface area contributed by atoms with E-state index in [2.05, 4.69) is 42.2 Å². The molecule has 1 atom stereocenters. The first-order valence-electron chi connectivity index (χ1n) is 8.43. The van der Waals surface area contributed by atoms with Crippen LogP contribution in [-0.2, 0) is 6.54 Å². The quantitative estimate of drug-likeness (QED) is 0.813. The van der Waals surface area contributed by atoms with Crippen LogP contribution >= 0.6 is 0 Å². The molecule has 2 aromatic heterocycles. The number of piperazine rings is 1. The summed E-state index contributed by atoms with van der Waals surface area (Å²) < 4.78 is 1.69. The molecule has 2 aromatic rings. The van der Waals surface area contributed by atoms with Gasteiger partial charge in [0.1, 0.15) is 12.7 Å². The zero-order chi connectivity index (χ0) is 17.8. The van der Waals surface area contributed by atoms with Crippen molar-refractivity contribution in [2.45, 2.75) is 26.4 Å². The largest absolute Gasteiger partial charge is 0.348 e. The Bertz CT molecular complexity index is 709. The summed E-state index contributed by atoms with van der Waals surface area (Å²) in [5.41, 5.74) is 1.19. The monoisotopic (exact) mass is 344 g/mol. The van der Waals surface area contributed by atoms with Crippen molar-refractivity contribution in [3.05, 3.63) is 30.1 Å². The van der Waals surface area contributed by atoms with Crippen LogP contribution < -0.4 is 10.2 Å². The molecule has 0 bridgehead atoms. The van der Waals surface area contributed by atoms with E-state index in [0.29, 0.717) is 23.8 Å². The molecule has 0 aliphatic carbocycles. The van der Waals surface area contributed by atoms with E-state index >= 15 is 0 Å². The van der Waals surface area contributed by atoms with Gasteiger partial charge >= 0.3 is 0 Å². The maximum atomic E-state index is 12.5. The topological polar surface area (TPSA) is 92.1 Å². The number of rotatable bonds is 5. The summed E-state index contributed by atoms with van der Waals surface area (Å²) in [7, 11) is 2.11. The summed E-state index contributed by atoms with van der Waals surface area (Å²) in [6.45, 7) is 8.11. The van der Waals surface area contributed by atoms with Gasteiger partial charge in [-0.25, -0.2) is 15.0 Å². The Morgan fingerprint density at radius 2 is 2.08 bits per heavy atom. The Kier molecular flexibility index (Phi) is 5.22. The molecule has 9 heteroatoms. The molecule has 25 heavy (non-hydrogen) atoms. The number of nitrogens with zero attached hydrogens (tertiary/aromatic N) is 7. The maximum Gasteiger partial charge on any atom is 0.254 e. The summed E-state index contributed by atoms with van der Waals surface area (Å²) in [6.07, 6.45) is 4.72. The summed E-state index contributed by atoms with van der Waals surface area (Å²) in [6, 6.07) is -0.0779. The van der Waals surface area contributed by atoms with Gasteiger partial charge in [0.15, 0.2) is 0 Å². The number of aromatic nitrogens is 5. The lowest BCUT2D eigenvalue weighted by molar-refractivity contribution is 0.0934. The average molecular weight is 344 g/mol. The third-order valence-electron chi connectivity index (χ3n) is 4.30. The number of likely N-dealkylation sites (N-methyl/N-ethyl adjacent to an activating group) is 1. The fourth-order valence-electron chi connectivity index (χ4n) is 2.79. The van der Waals surface area contributed by atoms with E-state index in [1.54, 1.807) is 17.2 Å². The van der Waals surface area contributed by atoms with Crippen molar-refractivity contribution in [1.82, 2.24) is 34.9 Å². The Morgan fingerprint density at radius 3 is 2.72 bits per heavy atom. The van der Waals surface area contributed by atoms with Crippen LogP contribution in [0.4, 0.5) is 5.95 Å². The molecule has 0 saturated carbocycles. The van der Waals surface area contributed by atoms with Crippen LogP contribution in [0, 0.1) is 6.92 Å².